The van der Waals surface area contributed by atoms with E-state index in [-0.39, 0.29) is 0 Å². The van der Waals surface area contributed by atoms with Crippen LogP contribution in [0.25, 0.3) is 0 Å². The van der Waals surface area contributed by atoms with Crippen LogP contribution in [-0.4, -0.2) is 35.8 Å². The molecule has 1 aliphatic rings. The lowest BCUT2D eigenvalue weighted by atomic mass is 10.2. The van der Waals surface area contributed by atoms with Crippen molar-refractivity contribution >= 4 is 11.6 Å². The summed E-state index contributed by atoms with van der Waals surface area (Å²) in [4.78, 5) is 9.18. The number of ether oxygens (including phenoxy) is 1. The highest BCUT2D eigenvalue weighted by atomic mass is 16.5. The van der Waals surface area contributed by atoms with Gasteiger partial charge in [-0.15, -0.1) is 0 Å². The van der Waals surface area contributed by atoms with Gasteiger partial charge in [-0.2, -0.15) is 0 Å². The van der Waals surface area contributed by atoms with E-state index in [0.717, 1.165) is 62.0 Å². The average Bonchev–Trinajstić information content (AvgIpc) is 2.92. The number of hydrogen-bond donors (Lipinski definition) is 2. The van der Waals surface area contributed by atoms with Gasteiger partial charge in [0.05, 0.1) is 12.6 Å². The highest BCUT2D eigenvalue weighted by Gasteiger charge is 2.18. The predicted octanol–water partition coefficient (Wildman–Crippen LogP) is 2.37. The molecule has 1 unspecified atom stereocenters. The minimum Gasteiger partial charge on any atom is -0.379 e. The molecule has 0 aliphatic carbocycles. The van der Waals surface area contributed by atoms with E-state index in [0.29, 0.717) is 6.04 Å². The molecule has 1 atom stereocenters. The van der Waals surface area contributed by atoms with Crippen LogP contribution < -0.4 is 10.6 Å². The standard InChI is InChI=1S/C14H24N4O/c1-4-7-15-13-10(3)14(18-12(5-2)17-13)16-11-6-8-19-9-11/h11H,4-9H2,1-3H3,(H2,15,16,17,18). The van der Waals surface area contributed by atoms with Crippen LogP contribution >= 0.6 is 0 Å². The third-order valence-electron chi connectivity index (χ3n) is 3.32. The number of nitrogens with zero attached hydrogens (tertiary/aromatic N) is 2. The van der Waals surface area contributed by atoms with Gasteiger partial charge in [0.25, 0.3) is 0 Å². The smallest absolute Gasteiger partial charge is 0.135 e. The van der Waals surface area contributed by atoms with Gasteiger partial charge in [-0.05, 0) is 19.8 Å². The number of aromatic nitrogens is 2. The first-order valence-corrected chi connectivity index (χ1v) is 7.20. The second kappa shape index (κ2) is 6.70. The van der Waals surface area contributed by atoms with Gasteiger partial charge >= 0.3 is 0 Å². The fraction of sp³-hybridized carbons (Fsp3) is 0.714. The lowest BCUT2D eigenvalue weighted by molar-refractivity contribution is 0.195. The molecule has 19 heavy (non-hydrogen) atoms. The number of anilines is 2. The second-order valence-electron chi connectivity index (χ2n) is 4.95. The highest BCUT2D eigenvalue weighted by molar-refractivity contribution is 5.57. The molecule has 1 saturated heterocycles. The zero-order valence-corrected chi connectivity index (χ0v) is 12.1. The van der Waals surface area contributed by atoms with Crippen molar-refractivity contribution < 1.29 is 4.74 Å². The zero-order chi connectivity index (χ0) is 13.7. The van der Waals surface area contributed by atoms with E-state index >= 15 is 0 Å². The van der Waals surface area contributed by atoms with E-state index in [1.165, 1.54) is 0 Å². The predicted molar refractivity (Wildman–Crippen MR) is 77.8 cm³/mol. The van der Waals surface area contributed by atoms with Crippen LogP contribution in [0.2, 0.25) is 0 Å². The lowest BCUT2D eigenvalue weighted by Gasteiger charge is -2.17. The first kappa shape index (κ1) is 14.1. The molecule has 0 bridgehead atoms. The van der Waals surface area contributed by atoms with E-state index in [9.17, 15) is 0 Å². The molecule has 1 fully saturated rings. The molecule has 0 spiro atoms. The van der Waals surface area contributed by atoms with E-state index < -0.39 is 0 Å². The molecule has 0 saturated carbocycles. The van der Waals surface area contributed by atoms with Crippen LogP contribution in [0.3, 0.4) is 0 Å². The molecule has 0 aromatic carbocycles. The minimum absolute atomic E-state index is 0.373. The molecule has 5 heteroatoms. The van der Waals surface area contributed by atoms with Crippen LogP contribution in [0.4, 0.5) is 11.6 Å². The molecule has 2 N–H and O–H groups in total. The third kappa shape index (κ3) is 3.56. The fourth-order valence-electron chi connectivity index (χ4n) is 2.12. The Hall–Kier alpha value is -1.36. The SMILES string of the molecule is CCCNc1nc(CC)nc(NC2CCOC2)c1C. The Bertz CT molecular complexity index is 416. The Morgan fingerprint density at radius 2 is 2.05 bits per heavy atom. The van der Waals surface area contributed by atoms with Crippen molar-refractivity contribution in [2.24, 2.45) is 0 Å². The molecular weight excluding hydrogens is 240 g/mol. The number of rotatable bonds is 6. The van der Waals surface area contributed by atoms with E-state index in [1.807, 2.05) is 0 Å². The molecule has 5 nitrogen and oxygen atoms in total. The number of hydrogen-bond acceptors (Lipinski definition) is 5. The summed E-state index contributed by atoms with van der Waals surface area (Å²) >= 11 is 0. The van der Waals surface area contributed by atoms with Gasteiger partial charge in [-0.1, -0.05) is 13.8 Å². The van der Waals surface area contributed by atoms with Crippen molar-refractivity contribution in [3.05, 3.63) is 11.4 Å². The van der Waals surface area contributed by atoms with Crippen molar-refractivity contribution in [3.8, 4) is 0 Å². The molecule has 0 radical (unpaired) electrons. The summed E-state index contributed by atoms with van der Waals surface area (Å²) in [5, 5.41) is 6.86. The molecular formula is C14H24N4O. The van der Waals surface area contributed by atoms with Crippen molar-refractivity contribution in [3.63, 3.8) is 0 Å². The number of nitrogens with one attached hydrogen (secondary N) is 2. The van der Waals surface area contributed by atoms with Gasteiger partial charge < -0.3 is 15.4 Å². The molecule has 2 heterocycles. The van der Waals surface area contributed by atoms with E-state index in [2.05, 4.69) is 41.4 Å². The largest absolute Gasteiger partial charge is 0.379 e. The Morgan fingerprint density at radius 3 is 2.68 bits per heavy atom. The van der Waals surface area contributed by atoms with Gasteiger partial charge in [-0.3, -0.25) is 0 Å². The van der Waals surface area contributed by atoms with Crippen LogP contribution in [0, 0.1) is 6.92 Å². The van der Waals surface area contributed by atoms with Crippen molar-refractivity contribution in [1.29, 1.82) is 0 Å². The molecule has 0 amide bonds. The summed E-state index contributed by atoms with van der Waals surface area (Å²) in [6, 6.07) is 0.373. The van der Waals surface area contributed by atoms with Crippen LogP contribution in [0.5, 0.6) is 0 Å². The van der Waals surface area contributed by atoms with Gasteiger partial charge in [0, 0.05) is 25.1 Å². The maximum Gasteiger partial charge on any atom is 0.135 e. The average molecular weight is 264 g/mol. The summed E-state index contributed by atoms with van der Waals surface area (Å²) in [6.45, 7) is 8.84. The zero-order valence-electron chi connectivity index (χ0n) is 12.1. The lowest BCUT2D eigenvalue weighted by Crippen LogP contribution is -2.21. The summed E-state index contributed by atoms with van der Waals surface area (Å²) in [6.07, 6.45) is 2.98. The van der Waals surface area contributed by atoms with E-state index in [4.69, 9.17) is 4.74 Å². The first-order chi connectivity index (χ1) is 9.24. The molecule has 1 aromatic heterocycles. The Balaban J connectivity index is 2.19. The van der Waals surface area contributed by atoms with Gasteiger partial charge in [0.15, 0.2) is 0 Å². The van der Waals surface area contributed by atoms with Gasteiger partial charge in [0.2, 0.25) is 0 Å². The fourth-order valence-corrected chi connectivity index (χ4v) is 2.12. The molecule has 106 valence electrons. The molecule has 1 aromatic rings. The number of aryl methyl sites for hydroxylation is 1. The third-order valence-corrected chi connectivity index (χ3v) is 3.32. The summed E-state index contributed by atoms with van der Waals surface area (Å²) in [5.74, 6) is 2.78. The Kier molecular flexibility index (Phi) is 4.96. The van der Waals surface area contributed by atoms with Crippen LogP contribution in [-0.2, 0) is 11.2 Å². The van der Waals surface area contributed by atoms with Gasteiger partial charge in [-0.25, -0.2) is 9.97 Å². The Morgan fingerprint density at radius 1 is 1.26 bits per heavy atom. The van der Waals surface area contributed by atoms with Crippen LogP contribution in [0.15, 0.2) is 0 Å². The quantitative estimate of drug-likeness (QED) is 0.826. The van der Waals surface area contributed by atoms with E-state index in [1.54, 1.807) is 0 Å². The normalized spacial score (nSPS) is 18.6. The molecule has 2 rings (SSSR count). The maximum atomic E-state index is 5.40. The summed E-state index contributed by atoms with van der Waals surface area (Å²) in [5.41, 5.74) is 1.09. The maximum absolute atomic E-state index is 5.40. The Labute approximate surface area is 115 Å². The van der Waals surface area contributed by atoms with Crippen molar-refractivity contribution in [2.45, 2.75) is 46.1 Å². The second-order valence-corrected chi connectivity index (χ2v) is 4.95. The molecule has 1 aliphatic heterocycles. The minimum atomic E-state index is 0.373. The highest BCUT2D eigenvalue weighted by Crippen LogP contribution is 2.22. The van der Waals surface area contributed by atoms with Crippen molar-refractivity contribution in [2.75, 3.05) is 30.4 Å². The summed E-state index contributed by atoms with van der Waals surface area (Å²) in [7, 11) is 0. The topological polar surface area (TPSA) is 59.1 Å². The van der Waals surface area contributed by atoms with Gasteiger partial charge in [0.1, 0.15) is 17.5 Å². The first-order valence-electron chi connectivity index (χ1n) is 7.20. The van der Waals surface area contributed by atoms with Crippen molar-refractivity contribution in [1.82, 2.24) is 9.97 Å². The monoisotopic (exact) mass is 264 g/mol. The van der Waals surface area contributed by atoms with Crippen LogP contribution in [0.1, 0.15) is 38.1 Å². The summed E-state index contributed by atoms with van der Waals surface area (Å²) < 4.78 is 5.40.